The molecule has 0 radical (unpaired) electrons. The highest BCUT2D eigenvalue weighted by atomic mass is 16.9. The molecular weight excluding hydrogens is 232 g/mol. The molecule has 0 amide bonds. The second-order valence-electron chi connectivity index (χ2n) is 5.63. The van der Waals surface area contributed by atoms with Crippen LogP contribution in [-0.2, 0) is 18.9 Å². The van der Waals surface area contributed by atoms with E-state index in [-0.39, 0.29) is 5.60 Å². The first kappa shape index (κ1) is 14.3. The lowest BCUT2D eigenvalue weighted by atomic mass is 10.0. The van der Waals surface area contributed by atoms with Crippen molar-refractivity contribution in [1.29, 1.82) is 0 Å². The second-order valence-corrected chi connectivity index (χ2v) is 5.63. The minimum atomic E-state index is -0.723. The van der Waals surface area contributed by atoms with Crippen molar-refractivity contribution in [2.24, 2.45) is 0 Å². The summed E-state index contributed by atoms with van der Waals surface area (Å²) >= 11 is 0. The van der Waals surface area contributed by atoms with Crippen molar-refractivity contribution >= 4 is 0 Å². The smallest absolute Gasteiger partial charge is 0.283 e. The molecule has 106 valence electrons. The van der Waals surface area contributed by atoms with Gasteiger partial charge < -0.3 is 18.9 Å². The summed E-state index contributed by atoms with van der Waals surface area (Å²) < 4.78 is 22.4. The summed E-state index contributed by atoms with van der Waals surface area (Å²) in [6.07, 6.45) is 7.74. The molecule has 2 aliphatic rings. The van der Waals surface area contributed by atoms with E-state index in [0.29, 0.717) is 6.61 Å². The maximum Gasteiger partial charge on any atom is 0.283 e. The van der Waals surface area contributed by atoms with E-state index in [2.05, 4.69) is 6.92 Å². The lowest BCUT2D eigenvalue weighted by molar-refractivity contribution is -0.369. The third kappa shape index (κ3) is 3.67. The molecule has 2 bridgehead atoms. The second kappa shape index (κ2) is 6.33. The summed E-state index contributed by atoms with van der Waals surface area (Å²) in [6, 6.07) is 0. The van der Waals surface area contributed by atoms with Gasteiger partial charge >= 0.3 is 0 Å². The lowest BCUT2D eigenvalue weighted by Crippen LogP contribution is -2.43. The monoisotopic (exact) mass is 258 g/mol. The Balaban J connectivity index is 1.59. The average molecular weight is 258 g/mol. The zero-order chi connectivity index (χ0) is 12.9. The maximum atomic E-state index is 5.95. The van der Waals surface area contributed by atoms with E-state index in [1.807, 2.05) is 0 Å². The van der Waals surface area contributed by atoms with Crippen molar-refractivity contribution in [3.05, 3.63) is 0 Å². The molecule has 0 aromatic rings. The molecule has 0 aromatic heterocycles. The molecule has 2 unspecified atom stereocenters. The summed E-state index contributed by atoms with van der Waals surface area (Å²) in [5.74, 6) is -0.723. The highest BCUT2D eigenvalue weighted by molar-refractivity contribution is 4.87. The standard InChI is InChI=1S/C14H26O4/c1-13-9-11-16-14(18-13,17-12-13)8-6-4-3-5-7-10-15-2/h3-12H2,1-2H3. The number of hydrogen-bond donors (Lipinski definition) is 0. The van der Waals surface area contributed by atoms with Crippen molar-refractivity contribution in [3.8, 4) is 0 Å². The van der Waals surface area contributed by atoms with Crippen LogP contribution in [0.2, 0.25) is 0 Å². The normalized spacial score (nSPS) is 35.0. The highest BCUT2D eigenvalue weighted by Gasteiger charge is 2.52. The van der Waals surface area contributed by atoms with E-state index in [1.54, 1.807) is 7.11 Å². The molecular formula is C14H26O4. The fourth-order valence-corrected chi connectivity index (χ4v) is 2.63. The minimum absolute atomic E-state index is 0.114. The minimum Gasteiger partial charge on any atom is -0.385 e. The Morgan fingerprint density at radius 3 is 2.67 bits per heavy atom. The molecule has 2 atom stereocenters. The van der Waals surface area contributed by atoms with Gasteiger partial charge in [-0.25, -0.2) is 0 Å². The molecule has 2 rings (SSSR count). The van der Waals surface area contributed by atoms with Gasteiger partial charge in [0, 0.05) is 26.6 Å². The molecule has 4 nitrogen and oxygen atoms in total. The van der Waals surface area contributed by atoms with Gasteiger partial charge in [0.15, 0.2) is 0 Å². The van der Waals surface area contributed by atoms with Gasteiger partial charge in [-0.2, -0.15) is 0 Å². The van der Waals surface area contributed by atoms with Crippen molar-refractivity contribution in [3.63, 3.8) is 0 Å². The summed E-state index contributed by atoms with van der Waals surface area (Å²) in [5.41, 5.74) is -0.114. The number of unbranched alkanes of at least 4 members (excludes halogenated alkanes) is 4. The van der Waals surface area contributed by atoms with E-state index < -0.39 is 5.97 Å². The SMILES string of the molecule is COCCCCCCCC12OCCC(C)(CO1)O2. The number of methoxy groups -OCH3 is 1. The van der Waals surface area contributed by atoms with Gasteiger partial charge in [0.25, 0.3) is 5.97 Å². The number of ether oxygens (including phenoxy) is 4. The Morgan fingerprint density at radius 1 is 1.06 bits per heavy atom. The fourth-order valence-electron chi connectivity index (χ4n) is 2.63. The predicted molar refractivity (Wildman–Crippen MR) is 68.3 cm³/mol. The van der Waals surface area contributed by atoms with Crippen LogP contribution in [0.25, 0.3) is 0 Å². The van der Waals surface area contributed by atoms with Gasteiger partial charge in [-0.3, -0.25) is 0 Å². The summed E-state index contributed by atoms with van der Waals surface area (Å²) in [5, 5.41) is 0. The molecule has 0 N–H and O–H groups in total. The Morgan fingerprint density at radius 2 is 1.83 bits per heavy atom. The Labute approximate surface area is 110 Å². The molecule has 2 saturated heterocycles. The van der Waals surface area contributed by atoms with Crippen LogP contribution in [0.15, 0.2) is 0 Å². The topological polar surface area (TPSA) is 36.9 Å². The van der Waals surface area contributed by atoms with Gasteiger partial charge in [0.1, 0.15) is 0 Å². The van der Waals surface area contributed by atoms with Crippen LogP contribution >= 0.6 is 0 Å². The van der Waals surface area contributed by atoms with Crippen molar-refractivity contribution < 1.29 is 18.9 Å². The van der Waals surface area contributed by atoms with Crippen LogP contribution < -0.4 is 0 Å². The van der Waals surface area contributed by atoms with E-state index in [4.69, 9.17) is 18.9 Å². The molecule has 2 heterocycles. The Hall–Kier alpha value is -0.160. The quantitative estimate of drug-likeness (QED) is 0.627. The van der Waals surface area contributed by atoms with E-state index in [1.165, 1.54) is 19.3 Å². The first-order chi connectivity index (χ1) is 8.68. The van der Waals surface area contributed by atoms with Crippen molar-refractivity contribution in [2.75, 3.05) is 26.9 Å². The van der Waals surface area contributed by atoms with Gasteiger partial charge in [-0.05, 0) is 19.8 Å². The molecule has 0 aromatic carbocycles. The molecule has 4 heteroatoms. The van der Waals surface area contributed by atoms with E-state index in [9.17, 15) is 0 Å². The van der Waals surface area contributed by atoms with Crippen LogP contribution in [0.5, 0.6) is 0 Å². The van der Waals surface area contributed by atoms with Gasteiger partial charge in [0.05, 0.1) is 18.8 Å². The summed E-state index contributed by atoms with van der Waals surface area (Å²) in [6.45, 7) is 4.41. The largest absolute Gasteiger partial charge is 0.385 e. The zero-order valence-electron chi connectivity index (χ0n) is 11.7. The first-order valence-corrected chi connectivity index (χ1v) is 7.15. The van der Waals surface area contributed by atoms with Crippen LogP contribution in [-0.4, -0.2) is 38.5 Å². The third-order valence-electron chi connectivity index (χ3n) is 3.78. The van der Waals surface area contributed by atoms with Crippen LogP contribution in [0, 0.1) is 0 Å². The molecule has 18 heavy (non-hydrogen) atoms. The van der Waals surface area contributed by atoms with E-state index in [0.717, 1.165) is 38.9 Å². The average Bonchev–Trinajstić information content (AvgIpc) is 2.59. The first-order valence-electron chi connectivity index (χ1n) is 7.15. The van der Waals surface area contributed by atoms with Crippen molar-refractivity contribution in [1.82, 2.24) is 0 Å². The van der Waals surface area contributed by atoms with Gasteiger partial charge in [0.2, 0.25) is 0 Å². The summed E-state index contributed by atoms with van der Waals surface area (Å²) in [4.78, 5) is 0. The van der Waals surface area contributed by atoms with Crippen LogP contribution in [0.4, 0.5) is 0 Å². The van der Waals surface area contributed by atoms with Crippen LogP contribution in [0.3, 0.4) is 0 Å². The van der Waals surface area contributed by atoms with E-state index >= 15 is 0 Å². The number of rotatable bonds is 8. The van der Waals surface area contributed by atoms with Crippen molar-refractivity contribution in [2.45, 2.75) is 63.4 Å². The molecule has 0 spiro atoms. The number of fused-ring (bicyclic) bond motifs is 2. The molecule has 0 saturated carbocycles. The van der Waals surface area contributed by atoms with Gasteiger partial charge in [-0.15, -0.1) is 0 Å². The lowest BCUT2D eigenvalue weighted by Gasteiger charge is -2.35. The Kier molecular flexibility index (Phi) is 5.01. The van der Waals surface area contributed by atoms with Gasteiger partial charge in [-0.1, -0.05) is 19.3 Å². The third-order valence-corrected chi connectivity index (χ3v) is 3.78. The molecule has 0 aliphatic carbocycles. The highest BCUT2D eigenvalue weighted by Crippen LogP contribution is 2.41. The maximum absolute atomic E-state index is 5.95. The molecule has 2 aliphatic heterocycles. The zero-order valence-corrected chi connectivity index (χ0v) is 11.7. The number of hydrogen-bond acceptors (Lipinski definition) is 4. The fraction of sp³-hybridized carbons (Fsp3) is 1.00. The van der Waals surface area contributed by atoms with Crippen LogP contribution in [0.1, 0.15) is 51.9 Å². The predicted octanol–water partition coefficient (Wildman–Crippen LogP) is 2.85. The molecule has 2 fully saturated rings. The Bertz CT molecular complexity index is 258. The summed E-state index contributed by atoms with van der Waals surface area (Å²) in [7, 11) is 1.76.